The first-order valence-electron chi connectivity index (χ1n) is 7.51. The summed E-state index contributed by atoms with van der Waals surface area (Å²) in [5.41, 5.74) is 1.02. The standard InChI is InChI=1S/C16H20N4O2/c1-11-9-20-10-13(5-6-15(20)18-11)19-16(21)12(2)22-14-4-3-7-17-8-14/h3-4,7-9,12-13H,5-6,10H2,1-2H3,(H,19,21)/t12-,13+/m1/s1. The van der Waals surface area contributed by atoms with Crippen molar-refractivity contribution in [1.82, 2.24) is 19.9 Å². The van der Waals surface area contributed by atoms with Gasteiger partial charge in [0, 0.05) is 31.4 Å². The fraction of sp³-hybridized carbons (Fsp3) is 0.438. The first-order chi connectivity index (χ1) is 10.6. The molecule has 2 atom stereocenters. The Morgan fingerprint density at radius 1 is 1.55 bits per heavy atom. The van der Waals surface area contributed by atoms with Crippen LogP contribution < -0.4 is 10.1 Å². The Labute approximate surface area is 129 Å². The molecule has 0 radical (unpaired) electrons. The summed E-state index contributed by atoms with van der Waals surface area (Å²) in [6.07, 6.45) is 6.55. The van der Waals surface area contributed by atoms with Crippen LogP contribution in [-0.2, 0) is 17.8 Å². The van der Waals surface area contributed by atoms with Gasteiger partial charge >= 0.3 is 0 Å². The molecule has 0 aromatic carbocycles. The minimum absolute atomic E-state index is 0.103. The summed E-state index contributed by atoms with van der Waals surface area (Å²) in [5.74, 6) is 1.60. The van der Waals surface area contributed by atoms with Crippen molar-refractivity contribution in [1.29, 1.82) is 0 Å². The van der Waals surface area contributed by atoms with Gasteiger partial charge in [-0.05, 0) is 32.4 Å². The van der Waals surface area contributed by atoms with Gasteiger partial charge in [-0.15, -0.1) is 0 Å². The van der Waals surface area contributed by atoms with E-state index in [1.165, 1.54) is 0 Å². The number of nitrogens with zero attached hydrogens (tertiary/aromatic N) is 3. The molecule has 2 aromatic heterocycles. The van der Waals surface area contributed by atoms with Gasteiger partial charge in [0.15, 0.2) is 6.10 Å². The van der Waals surface area contributed by atoms with Crippen LogP contribution in [0.1, 0.15) is 24.9 Å². The molecule has 0 spiro atoms. The molecule has 0 fully saturated rings. The van der Waals surface area contributed by atoms with Gasteiger partial charge in [-0.2, -0.15) is 0 Å². The third-order valence-electron chi connectivity index (χ3n) is 3.78. The van der Waals surface area contributed by atoms with E-state index in [2.05, 4.69) is 19.9 Å². The number of hydrogen-bond acceptors (Lipinski definition) is 4. The van der Waals surface area contributed by atoms with E-state index >= 15 is 0 Å². The molecule has 2 aromatic rings. The predicted octanol–water partition coefficient (Wildman–Crippen LogP) is 1.49. The molecule has 6 heteroatoms. The molecule has 0 unspecified atom stereocenters. The minimum atomic E-state index is -0.546. The van der Waals surface area contributed by atoms with Crippen LogP contribution in [0.15, 0.2) is 30.7 Å². The SMILES string of the molecule is Cc1cn2c(n1)CC[C@H](NC(=O)[C@@H](C)Oc1cccnc1)C2. The number of ether oxygens (including phenoxy) is 1. The third kappa shape index (κ3) is 3.27. The summed E-state index contributed by atoms with van der Waals surface area (Å²) in [7, 11) is 0. The fourth-order valence-electron chi connectivity index (χ4n) is 2.70. The molecular formula is C16H20N4O2. The number of hydrogen-bond donors (Lipinski definition) is 1. The van der Waals surface area contributed by atoms with Crippen molar-refractivity contribution < 1.29 is 9.53 Å². The summed E-state index contributed by atoms with van der Waals surface area (Å²) in [6, 6.07) is 3.69. The van der Waals surface area contributed by atoms with Gasteiger partial charge in [0.25, 0.3) is 5.91 Å². The van der Waals surface area contributed by atoms with Gasteiger partial charge in [0.1, 0.15) is 11.6 Å². The highest BCUT2D eigenvalue weighted by atomic mass is 16.5. The maximum absolute atomic E-state index is 12.3. The third-order valence-corrected chi connectivity index (χ3v) is 3.78. The summed E-state index contributed by atoms with van der Waals surface area (Å²) >= 11 is 0. The second-order valence-electron chi connectivity index (χ2n) is 5.64. The van der Waals surface area contributed by atoms with Crippen LogP contribution in [0.2, 0.25) is 0 Å². The van der Waals surface area contributed by atoms with E-state index in [1.54, 1.807) is 31.5 Å². The van der Waals surface area contributed by atoms with Crippen LogP contribution in [0.3, 0.4) is 0 Å². The van der Waals surface area contributed by atoms with Gasteiger partial charge < -0.3 is 14.6 Å². The number of carbonyl (C=O) groups excluding carboxylic acids is 1. The minimum Gasteiger partial charge on any atom is -0.479 e. The molecule has 0 bridgehead atoms. The van der Waals surface area contributed by atoms with Crippen molar-refractivity contribution in [3.8, 4) is 5.75 Å². The van der Waals surface area contributed by atoms with Crippen molar-refractivity contribution in [3.05, 3.63) is 42.2 Å². The fourth-order valence-corrected chi connectivity index (χ4v) is 2.70. The molecule has 1 N–H and O–H groups in total. The number of amides is 1. The molecule has 22 heavy (non-hydrogen) atoms. The van der Waals surface area contributed by atoms with E-state index in [0.717, 1.165) is 30.9 Å². The van der Waals surface area contributed by atoms with Crippen molar-refractivity contribution >= 4 is 5.91 Å². The Hall–Kier alpha value is -2.37. The molecule has 3 rings (SSSR count). The maximum Gasteiger partial charge on any atom is 0.261 e. The second-order valence-corrected chi connectivity index (χ2v) is 5.64. The van der Waals surface area contributed by atoms with Gasteiger partial charge in [-0.3, -0.25) is 9.78 Å². The lowest BCUT2D eigenvalue weighted by molar-refractivity contribution is -0.128. The van der Waals surface area contributed by atoms with Crippen molar-refractivity contribution in [2.75, 3.05) is 0 Å². The van der Waals surface area contributed by atoms with E-state index in [9.17, 15) is 4.79 Å². The van der Waals surface area contributed by atoms with Crippen LogP contribution in [-0.4, -0.2) is 32.6 Å². The molecule has 1 amide bonds. The highest BCUT2D eigenvalue weighted by Gasteiger charge is 2.24. The Bertz CT molecular complexity index is 653. The number of nitrogens with one attached hydrogen (secondary N) is 1. The maximum atomic E-state index is 12.3. The predicted molar refractivity (Wildman–Crippen MR) is 81.5 cm³/mol. The number of imidazole rings is 1. The summed E-state index contributed by atoms with van der Waals surface area (Å²) in [4.78, 5) is 20.7. The average Bonchev–Trinajstić information content (AvgIpc) is 2.87. The van der Waals surface area contributed by atoms with Crippen LogP contribution in [0.5, 0.6) is 5.75 Å². The molecule has 0 saturated heterocycles. The Morgan fingerprint density at radius 3 is 3.18 bits per heavy atom. The van der Waals surface area contributed by atoms with Crippen LogP contribution in [0.4, 0.5) is 0 Å². The molecule has 116 valence electrons. The molecule has 1 aliphatic heterocycles. The average molecular weight is 300 g/mol. The number of pyridine rings is 1. The Balaban J connectivity index is 1.56. The van der Waals surface area contributed by atoms with E-state index in [4.69, 9.17) is 4.74 Å². The normalized spacial score (nSPS) is 18.4. The largest absolute Gasteiger partial charge is 0.479 e. The molecule has 1 aliphatic rings. The zero-order valence-corrected chi connectivity index (χ0v) is 12.8. The van der Waals surface area contributed by atoms with Crippen molar-refractivity contribution in [3.63, 3.8) is 0 Å². The summed E-state index contributed by atoms with van der Waals surface area (Å²) in [5, 5.41) is 3.06. The van der Waals surface area contributed by atoms with E-state index in [-0.39, 0.29) is 11.9 Å². The van der Waals surface area contributed by atoms with Crippen LogP contribution in [0.25, 0.3) is 0 Å². The monoisotopic (exact) mass is 300 g/mol. The Kier molecular flexibility index (Phi) is 4.09. The smallest absolute Gasteiger partial charge is 0.261 e. The van der Waals surface area contributed by atoms with E-state index < -0.39 is 6.10 Å². The lowest BCUT2D eigenvalue weighted by Crippen LogP contribution is -2.46. The number of rotatable bonds is 4. The molecule has 0 saturated carbocycles. The lowest BCUT2D eigenvalue weighted by atomic mass is 10.1. The highest BCUT2D eigenvalue weighted by molar-refractivity contribution is 5.81. The van der Waals surface area contributed by atoms with Crippen LogP contribution in [0, 0.1) is 6.92 Å². The number of aryl methyl sites for hydroxylation is 2. The van der Waals surface area contributed by atoms with Crippen molar-refractivity contribution in [2.45, 2.75) is 45.4 Å². The summed E-state index contributed by atoms with van der Waals surface area (Å²) in [6.45, 7) is 4.50. The van der Waals surface area contributed by atoms with Gasteiger partial charge in [0.2, 0.25) is 0 Å². The van der Waals surface area contributed by atoms with Gasteiger partial charge in [-0.25, -0.2) is 4.98 Å². The van der Waals surface area contributed by atoms with Crippen molar-refractivity contribution in [2.24, 2.45) is 0 Å². The molecular weight excluding hydrogens is 280 g/mol. The zero-order chi connectivity index (χ0) is 15.5. The topological polar surface area (TPSA) is 69.0 Å². The molecule has 3 heterocycles. The van der Waals surface area contributed by atoms with E-state index in [0.29, 0.717) is 5.75 Å². The Morgan fingerprint density at radius 2 is 2.41 bits per heavy atom. The first kappa shape index (κ1) is 14.6. The molecule has 0 aliphatic carbocycles. The second kappa shape index (κ2) is 6.17. The first-order valence-corrected chi connectivity index (χ1v) is 7.51. The number of fused-ring (bicyclic) bond motifs is 1. The van der Waals surface area contributed by atoms with Crippen LogP contribution >= 0.6 is 0 Å². The number of carbonyl (C=O) groups is 1. The zero-order valence-electron chi connectivity index (χ0n) is 12.8. The van der Waals surface area contributed by atoms with E-state index in [1.807, 2.05) is 13.1 Å². The van der Waals surface area contributed by atoms with Gasteiger partial charge in [-0.1, -0.05) is 0 Å². The quantitative estimate of drug-likeness (QED) is 0.928. The number of aromatic nitrogens is 3. The molecule has 6 nitrogen and oxygen atoms in total. The van der Waals surface area contributed by atoms with Gasteiger partial charge in [0.05, 0.1) is 11.9 Å². The highest BCUT2D eigenvalue weighted by Crippen LogP contribution is 2.15. The lowest BCUT2D eigenvalue weighted by Gasteiger charge is -2.26. The summed E-state index contributed by atoms with van der Waals surface area (Å²) < 4.78 is 7.72.